The van der Waals surface area contributed by atoms with Gasteiger partial charge in [0.15, 0.2) is 5.03 Å². The van der Waals surface area contributed by atoms with Crippen molar-refractivity contribution < 1.29 is 14.6 Å². The molecule has 29 heavy (non-hydrogen) atoms. The van der Waals surface area contributed by atoms with E-state index in [-0.39, 0.29) is 28.6 Å². The van der Waals surface area contributed by atoms with Crippen molar-refractivity contribution in [3.8, 4) is 0 Å². The Balaban J connectivity index is 1.50. The molecule has 164 valence electrons. The van der Waals surface area contributed by atoms with Crippen LogP contribution in [0.25, 0.3) is 0 Å². The molecule has 0 aliphatic heterocycles. The molecule has 0 saturated heterocycles. The van der Waals surface area contributed by atoms with Crippen LogP contribution in [0.1, 0.15) is 85.5 Å². The van der Waals surface area contributed by atoms with E-state index in [4.69, 9.17) is 4.74 Å². The van der Waals surface area contributed by atoms with Gasteiger partial charge in [0.2, 0.25) is 0 Å². The predicted molar refractivity (Wildman–Crippen MR) is 110 cm³/mol. The van der Waals surface area contributed by atoms with E-state index in [0.29, 0.717) is 23.2 Å². The van der Waals surface area contributed by atoms with Gasteiger partial charge >= 0.3 is 5.97 Å². The third-order valence-electron chi connectivity index (χ3n) is 9.94. The Bertz CT molecular complexity index is 669. The third kappa shape index (κ3) is 3.44. The van der Waals surface area contributed by atoms with Crippen molar-refractivity contribution >= 4 is 5.97 Å². The number of ether oxygens (including phenoxy) is 1. The van der Waals surface area contributed by atoms with Crippen molar-refractivity contribution in [2.75, 3.05) is 0 Å². The van der Waals surface area contributed by atoms with Crippen molar-refractivity contribution in [3.05, 3.63) is 10.1 Å². The fourth-order valence-electron chi connectivity index (χ4n) is 8.68. The quantitative estimate of drug-likeness (QED) is 0.414. The molecule has 4 rings (SSSR count). The van der Waals surface area contributed by atoms with E-state index in [1.165, 1.54) is 45.4 Å². The van der Waals surface area contributed by atoms with Crippen LogP contribution in [0.5, 0.6) is 0 Å². The largest absolute Gasteiger partial charge is 0.463 e. The van der Waals surface area contributed by atoms with E-state index in [0.717, 1.165) is 31.1 Å². The number of carbonyl (C=O) groups is 1. The van der Waals surface area contributed by atoms with Gasteiger partial charge in [-0.15, -0.1) is 5.43 Å². The second-order valence-electron chi connectivity index (χ2n) is 11.1. The number of hydrazine groups is 1. The van der Waals surface area contributed by atoms with Crippen molar-refractivity contribution in [1.82, 2.24) is 5.43 Å². The van der Waals surface area contributed by atoms with E-state index in [9.17, 15) is 14.9 Å². The summed E-state index contributed by atoms with van der Waals surface area (Å²) >= 11 is 0. The zero-order valence-electron chi connectivity index (χ0n) is 18.5. The Kier molecular flexibility index (Phi) is 5.35. The van der Waals surface area contributed by atoms with Crippen LogP contribution < -0.4 is 5.43 Å². The van der Waals surface area contributed by atoms with E-state index >= 15 is 0 Å². The first-order valence-electron chi connectivity index (χ1n) is 11.7. The first-order valence-corrected chi connectivity index (χ1v) is 11.7. The number of rotatable bonds is 4. The Morgan fingerprint density at radius 3 is 2.45 bits per heavy atom. The lowest BCUT2D eigenvalue weighted by molar-refractivity contribution is -0.552. The van der Waals surface area contributed by atoms with E-state index in [1.807, 2.05) is 6.92 Å². The lowest BCUT2D eigenvalue weighted by Gasteiger charge is -2.61. The number of nitro groups is 1. The lowest BCUT2D eigenvalue weighted by atomic mass is 9.44. The summed E-state index contributed by atoms with van der Waals surface area (Å²) in [5.74, 6) is 3.13. The SMILES string of the molecule is CC(=O)O[C@H]1CC[C@@]2(C)[C@@H](CC[C@@H]3[C@@H]2CC[C@]2(C)[C@@H]([C@@H](C)N[N+](=O)[O-])CC[C@@H]32)C1. The number of fused-ring (bicyclic) bond motifs is 5. The molecule has 1 N–H and O–H groups in total. The van der Waals surface area contributed by atoms with Crippen LogP contribution in [0.4, 0.5) is 0 Å². The average molecular weight is 407 g/mol. The summed E-state index contributed by atoms with van der Waals surface area (Å²) in [6.07, 6.45) is 10.6. The van der Waals surface area contributed by atoms with Crippen LogP contribution in [0.2, 0.25) is 0 Å². The molecule has 4 saturated carbocycles. The zero-order valence-corrected chi connectivity index (χ0v) is 18.5. The van der Waals surface area contributed by atoms with Crippen LogP contribution in [0, 0.1) is 50.5 Å². The molecule has 0 aromatic carbocycles. The van der Waals surface area contributed by atoms with Gasteiger partial charge in [0.1, 0.15) is 6.10 Å². The molecule has 0 aromatic rings. The first kappa shape index (κ1) is 20.9. The van der Waals surface area contributed by atoms with Gasteiger partial charge in [0.05, 0.1) is 6.04 Å². The van der Waals surface area contributed by atoms with Crippen LogP contribution >= 0.6 is 0 Å². The fourth-order valence-corrected chi connectivity index (χ4v) is 8.68. The van der Waals surface area contributed by atoms with Crippen LogP contribution in [-0.4, -0.2) is 23.1 Å². The molecular formula is C23H38N2O4. The maximum absolute atomic E-state index is 11.4. The first-order chi connectivity index (χ1) is 13.6. The number of nitrogens with one attached hydrogen (secondary N) is 1. The molecule has 0 spiro atoms. The minimum Gasteiger partial charge on any atom is -0.463 e. The molecule has 0 aromatic heterocycles. The number of hydrogen-bond donors (Lipinski definition) is 1. The van der Waals surface area contributed by atoms with Gasteiger partial charge in [-0.25, -0.2) is 10.1 Å². The van der Waals surface area contributed by atoms with E-state index in [2.05, 4.69) is 19.3 Å². The molecule has 4 fully saturated rings. The molecule has 6 nitrogen and oxygen atoms in total. The van der Waals surface area contributed by atoms with Gasteiger partial charge in [0.25, 0.3) is 0 Å². The molecule has 0 unspecified atom stereocenters. The Morgan fingerprint density at radius 1 is 1.07 bits per heavy atom. The highest BCUT2D eigenvalue weighted by Gasteiger charge is 2.61. The molecule has 9 atom stereocenters. The van der Waals surface area contributed by atoms with E-state index < -0.39 is 0 Å². The molecule has 0 amide bonds. The summed E-state index contributed by atoms with van der Waals surface area (Å²) in [5.41, 5.74) is 3.16. The third-order valence-corrected chi connectivity index (χ3v) is 9.94. The summed E-state index contributed by atoms with van der Waals surface area (Å²) in [7, 11) is 0. The van der Waals surface area contributed by atoms with Crippen LogP contribution in [-0.2, 0) is 9.53 Å². The Labute approximate surface area is 174 Å². The van der Waals surface area contributed by atoms with Crippen LogP contribution in [0.3, 0.4) is 0 Å². The maximum Gasteiger partial charge on any atom is 0.302 e. The summed E-state index contributed by atoms with van der Waals surface area (Å²) in [6.45, 7) is 8.47. The van der Waals surface area contributed by atoms with Crippen molar-refractivity contribution in [2.45, 2.75) is 97.6 Å². The standard InChI is InChI=1S/C23H38N2O4/c1-14(24-25(27)28)19-7-8-20-18-6-5-16-13-17(29-15(2)26)9-11-22(16,3)21(18)10-12-23(19,20)4/h14,16-21,24H,5-13H2,1-4H3/t14-,16+,17+,18+,19-,20+,21+,22+,23-/m1/s1. The maximum atomic E-state index is 11.4. The van der Waals surface area contributed by atoms with Crippen molar-refractivity contribution in [3.63, 3.8) is 0 Å². The topological polar surface area (TPSA) is 81.5 Å². The van der Waals surface area contributed by atoms with Crippen LogP contribution in [0.15, 0.2) is 0 Å². The number of hydrogen-bond acceptors (Lipinski definition) is 4. The minimum atomic E-state index is -0.360. The lowest BCUT2D eigenvalue weighted by Crippen LogP contribution is -2.55. The second-order valence-corrected chi connectivity index (χ2v) is 11.1. The normalized spacial score (nSPS) is 47.3. The van der Waals surface area contributed by atoms with Crippen molar-refractivity contribution in [1.29, 1.82) is 0 Å². The molecule has 0 heterocycles. The zero-order chi connectivity index (χ0) is 21.0. The highest BCUT2D eigenvalue weighted by Crippen LogP contribution is 2.67. The molecule has 0 bridgehead atoms. The Hall–Kier alpha value is -1.33. The number of nitrogens with zero attached hydrogens (tertiary/aromatic N) is 1. The summed E-state index contributed by atoms with van der Waals surface area (Å²) < 4.78 is 5.58. The summed E-state index contributed by atoms with van der Waals surface area (Å²) in [5, 5.41) is 10.7. The summed E-state index contributed by atoms with van der Waals surface area (Å²) in [4.78, 5) is 22.4. The highest BCUT2D eigenvalue weighted by molar-refractivity contribution is 5.66. The smallest absolute Gasteiger partial charge is 0.302 e. The second kappa shape index (κ2) is 7.42. The Morgan fingerprint density at radius 2 is 1.76 bits per heavy atom. The highest BCUT2D eigenvalue weighted by atomic mass is 16.7. The van der Waals surface area contributed by atoms with Gasteiger partial charge in [-0.05, 0) is 105 Å². The molecule has 4 aliphatic rings. The molecule has 6 heteroatoms. The van der Waals surface area contributed by atoms with Gasteiger partial charge in [-0.3, -0.25) is 4.79 Å². The number of carbonyl (C=O) groups excluding carboxylic acids is 1. The molecule has 4 aliphatic carbocycles. The molecule has 0 radical (unpaired) electrons. The summed E-state index contributed by atoms with van der Waals surface area (Å²) in [6, 6.07) is -0.0670. The fraction of sp³-hybridized carbons (Fsp3) is 0.957. The molecular weight excluding hydrogens is 368 g/mol. The van der Waals surface area contributed by atoms with Gasteiger partial charge in [-0.1, -0.05) is 13.8 Å². The van der Waals surface area contributed by atoms with Gasteiger partial charge in [0, 0.05) is 6.92 Å². The van der Waals surface area contributed by atoms with Gasteiger partial charge < -0.3 is 4.74 Å². The predicted octanol–water partition coefficient (Wildman–Crippen LogP) is 4.75. The van der Waals surface area contributed by atoms with Crippen molar-refractivity contribution in [2.24, 2.45) is 40.4 Å². The average Bonchev–Trinajstić information content (AvgIpc) is 2.98. The number of esters is 1. The monoisotopic (exact) mass is 406 g/mol. The minimum absolute atomic E-state index is 0.0670. The van der Waals surface area contributed by atoms with E-state index in [1.54, 1.807) is 0 Å². The van der Waals surface area contributed by atoms with Gasteiger partial charge in [-0.2, -0.15) is 0 Å².